The van der Waals surface area contributed by atoms with Crippen molar-refractivity contribution in [1.29, 1.82) is 0 Å². The highest BCUT2D eigenvalue weighted by Crippen LogP contribution is 2.31. The van der Waals surface area contributed by atoms with Gasteiger partial charge in [0.15, 0.2) is 0 Å². The number of allylic oxidation sites excluding steroid dienone is 3. The van der Waals surface area contributed by atoms with Gasteiger partial charge < -0.3 is 18.7 Å². The third-order valence-corrected chi connectivity index (χ3v) is 5.93. The lowest BCUT2D eigenvalue weighted by atomic mass is 9.96. The third-order valence-electron chi connectivity index (χ3n) is 5.00. The molecule has 0 saturated heterocycles. The summed E-state index contributed by atoms with van der Waals surface area (Å²) in [5.74, 6) is 1.12. The quantitative estimate of drug-likeness (QED) is 0.422. The van der Waals surface area contributed by atoms with Gasteiger partial charge in [-0.05, 0) is 56.1 Å². The number of nitrogens with zero attached hydrogens (tertiary/aromatic N) is 4. The van der Waals surface area contributed by atoms with E-state index in [1.807, 2.05) is 31.4 Å². The first-order valence-corrected chi connectivity index (χ1v) is 13.6. The highest BCUT2D eigenvalue weighted by molar-refractivity contribution is 8.05. The van der Waals surface area contributed by atoms with E-state index in [1.165, 1.54) is 11.9 Å². The zero-order valence-electron chi connectivity index (χ0n) is 23.7. The van der Waals surface area contributed by atoms with Crippen molar-refractivity contribution in [3.05, 3.63) is 47.2 Å². The summed E-state index contributed by atoms with van der Waals surface area (Å²) >= 11 is 1.63. The number of hydrogen-bond acceptors (Lipinski definition) is 7. The predicted octanol–water partition coefficient (Wildman–Crippen LogP) is 5.94. The molecular weight excluding hydrogens is 470 g/mol. The fourth-order valence-electron chi connectivity index (χ4n) is 3.31. The van der Waals surface area contributed by atoms with Crippen LogP contribution in [-0.2, 0) is 16.7 Å². The van der Waals surface area contributed by atoms with Gasteiger partial charge in [0, 0.05) is 56.1 Å². The summed E-state index contributed by atoms with van der Waals surface area (Å²) in [6, 6.07) is 6.46. The second-order valence-corrected chi connectivity index (χ2v) is 10.5. The van der Waals surface area contributed by atoms with Crippen LogP contribution in [-0.4, -0.2) is 61.0 Å². The molecule has 202 valence electrons. The summed E-state index contributed by atoms with van der Waals surface area (Å²) in [5.41, 5.74) is 3.31. The number of fused-ring (bicyclic) bond motifs is 1. The molecule has 2 aromatic rings. The van der Waals surface area contributed by atoms with Crippen LogP contribution in [0.2, 0.25) is 0 Å². The molecule has 2 N–H and O–H groups in total. The largest absolute Gasteiger partial charge is 0.395 e. The maximum absolute atomic E-state index is 8.95. The van der Waals surface area contributed by atoms with Crippen LogP contribution in [0.5, 0.6) is 0 Å². The summed E-state index contributed by atoms with van der Waals surface area (Å²) < 4.78 is 8.98. The van der Waals surface area contributed by atoms with Crippen LogP contribution in [0.3, 0.4) is 0 Å². The first-order valence-electron chi connectivity index (χ1n) is 12.8. The molecule has 0 spiro atoms. The Labute approximate surface area is 222 Å². The average Bonchev–Trinajstić information content (AvgIpc) is 3.10. The van der Waals surface area contributed by atoms with Gasteiger partial charge in [0.05, 0.1) is 17.6 Å². The fraction of sp³-hybridized carbons (Fsp3) is 0.571. The molecule has 7 nitrogen and oxygen atoms in total. The summed E-state index contributed by atoms with van der Waals surface area (Å²) in [6.07, 6.45) is 9.05. The van der Waals surface area contributed by atoms with E-state index in [1.54, 1.807) is 19.1 Å². The van der Waals surface area contributed by atoms with E-state index < -0.39 is 0 Å². The van der Waals surface area contributed by atoms with Gasteiger partial charge in [-0.15, -0.1) is 0 Å². The van der Waals surface area contributed by atoms with Gasteiger partial charge in [0.1, 0.15) is 12.0 Å². The summed E-state index contributed by atoms with van der Waals surface area (Å²) in [7, 11) is 3.73. The highest BCUT2D eigenvalue weighted by atomic mass is 32.2. The zero-order chi connectivity index (χ0) is 27.1. The minimum Gasteiger partial charge on any atom is -0.395 e. The van der Waals surface area contributed by atoms with Crippen LogP contribution in [0, 0.1) is 0 Å². The molecule has 1 aromatic heterocycles. The van der Waals surface area contributed by atoms with Crippen LogP contribution in [0.25, 0.3) is 11.0 Å². The van der Waals surface area contributed by atoms with Gasteiger partial charge in [-0.25, -0.2) is 4.98 Å². The molecule has 0 fully saturated rings. The van der Waals surface area contributed by atoms with Gasteiger partial charge in [0.2, 0.25) is 0 Å². The molecule has 8 heteroatoms. The Morgan fingerprint density at radius 3 is 2.42 bits per heavy atom. The summed E-state index contributed by atoms with van der Waals surface area (Å²) in [6.45, 7) is 17.3. The lowest BCUT2D eigenvalue weighted by molar-refractivity contribution is 0.215. The SMILES string of the molecule is CCC.CCOC.CCn1c(C(C)(C)C)nc2cc(N(C)SC3=CC=CC(NCCO)N=C3)ccc21. The molecule has 0 aliphatic carbocycles. The normalized spacial score (nSPS) is 14.9. The molecule has 2 heterocycles. The molecule has 1 aromatic carbocycles. The van der Waals surface area contributed by atoms with Crippen molar-refractivity contribution < 1.29 is 9.84 Å². The Kier molecular flexibility index (Phi) is 14.7. The smallest absolute Gasteiger partial charge is 0.118 e. The van der Waals surface area contributed by atoms with Crippen LogP contribution in [0.4, 0.5) is 5.69 Å². The number of aliphatic imine (C=N–C) groups is 1. The monoisotopic (exact) mass is 517 g/mol. The van der Waals surface area contributed by atoms with Crippen LogP contribution < -0.4 is 9.62 Å². The van der Waals surface area contributed by atoms with E-state index >= 15 is 0 Å². The van der Waals surface area contributed by atoms with Gasteiger partial charge in [-0.3, -0.25) is 10.3 Å². The molecule has 0 amide bonds. The number of ether oxygens (including phenoxy) is 1. The molecule has 0 saturated carbocycles. The first kappa shape index (κ1) is 31.9. The first-order chi connectivity index (χ1) is 17.2. The minimum absolute atomic E-state index is 0.00437. The van der Waals surface area contributed by atoms with E-state index in [2.05, 4.69) is 90.7 Å². The summed E-state index contributed by atoms with van der Waals surface area (Å²) in [5, 5.41) is 12.1. The number of methoxy groups -OCH3 is 1. The van der Waals surface area contributed by atoms with Gasteiger partial charge >= 0.3 is 0 Å². The number of imidazole rings is 1. The molecule has 3 rings (SSSR count). The van der Waals surface area contributed by atoms with Crippen LogP contribution >= 0.6 is 11.9 Å². The second-order valence-electron chi connectivity index (χ2n) is 9.33. The number of hydrogen-bond donors (Lipinski definition) is 2. The number of aliphatic hydroxyl groups is 1. The predicted molar refractivity (Wildman–Crippen MR) is 158 cm³/mol. The van der Waals surface area contributed by atoms with Gasteiger partial charge in [-0.2, -0.15) is 0 Å². The molecule has 1 unspecified atom stereocenters. The average molecular weight is 518 g/mol. The van der Waals surface area contributed by atoms with Gasteiger partial charge in [-0.1, -0.05) is 47.1 Å². The molecule has 1 aliphatic rings. The van der Waals surface area contributed by atoms with Crippen molar-refractivity contribution in [3.8, 4) is 0 Å². The minimum atomic E-state index is -0.105. The van der Waals surface area contributed by atoms with Crippen molar-refractivity contribution >= 4 is 34.9 Å². The number of aromatic nitrogens is 2. The standard InChI is InChI=1S/C22H31N5OS.C3H8O.C3H8/c1-6-27-19-11-10-16(14-18(19)25-21(27)22(2,3)4)26(5)29-17-8-7-9-20(24-15-17)23-12-13-28;1-3-4-2;1-3-2/h7-11,14-15,20,23,28H,6,12-13H2,1-5H3;3H2,1-2H3;3H2,1-2H3. The summed E-state index contributed by atoms with van der Waals surface area (Å²) in [4.78, 5) is 10.5. The van der Waals surface area contributed by atoms with Crippen molar-refractivity contribution in [1.82, 2.24) is 14.9 Å². The second kappa shape index (κ2) is 16.6. The Bertz CT molecular complexity index is 990. The van der Waals surface area contributed by atoms with E-state index in [0.29, 0.717) is 6.54 Å². The number of rotatable bonds is 8. The molecule has 0 radical (unpaired) electrons. The van der Waals surface area contributed by atoms with Crippen molar-refractivity contribution in [3.63, 3.8) is 0 Å². The van der Waals surface area contributed by atoms with Crippen LogP contribution in [0.1, 0.15) is 60.7 Å². The Morgan fingerprint density at radius 2 is 1.86 bits per heavy atom. The van der Waals surface area contributed by atoms with E-state index in [0.717, 1.165) is 35.1 Å². The number of aliphatic hydroxyl groups excluding tert-OH is 1. The van der Waals surface area contributed by atoms with Crippen molar-refractivity contribution in [2.45, 2.75) is 73.0 Å². The van der Waals surface area contributed by atoms with Gasteiger partial charge in [0.25, 0.3) is 0 Å². The number of nitrogens with one attached hydrogen (secondary N) is 1. The number of aryl methyl sites for hydroxylation is 1. The lowest BCUT2D eigenvalue weighted by Gasteiger charge is -2.19. The van der Waals surface area contributed by atoms with Crippen LogP contribution in [0.15, 0.2) is 46.3 Å². The Hall–Kier alpha value is -2.13. The molecule has 36 heavy (non-hydrogen) atoms. The fourth-order valence-corrected chi connectivity index (χ4v) is 4.09. The molecule has 1 aliphatic heterocycles. The third kappa shape index (κ3) is 10.1. The van der Waals surface area contributed by atoms with E-state index in [9.17, 15) is 0 Å². The van der Waals surface area contributed by atoms with E-state index in [-0.39, 0.29) is 18.2 Å². The molecule has 1 atom stereocenters. The van der Waals surface area contributed by atoms with E-state index in [4.69, 9.17) is 10.1 Å². The Morgan fingerprint density at radius 1 is 1.19 bits per heavy atom. The Balaban J connectivity index is 0.000000825. The topological polar surface area (TPSA) is 74.9 Å². The highest BCUT2D eigenvalue weighted by Gasteiger charge is 2.22. The maximum Gasteiger partial charge on any atom is 0.118 e. The zero-order valence-corrected chi connectivity index (χ0v) is 24.5. The maximum atomic E-state index is 8.95. The lowest BCUT2D eigenvalue weighted by Crippen LogP contribution is -2.28. The van der Waals surface area contributed by atoms with Crippen molar-refractivity contribution in [2.24, 2.45) is 4.99 Å². The number of benzene rings is 1. The molecular formula is C28H47N5O2S. The van der Waals surface area contributed by atoms with Crippen molar-refractivity contribution in [2.75, 3.05) is 38.2 Å². The molecule has 0 bridgehead atoms. The number of anilines is 1.